The minimum absolute atomic E-state index is 0.0723. The second kappa shape index (κ2) is 6.52. The molecule has 2 N–H and O–H groups in total. The van der Waals surface area contributed by atoms with Gasteiger partial charge in [-0.25, -0.2) is 0 Å². The van der Waals surface area contributed by atoms with Gasteiger partial charge in [-0.2, -0.15) is 0 Å². The normalized spacial score (nSPS) is 16.0. The quantitative estimate of drug-likeness (QED) is 0.916. The van der Waals surface area contributed by atoms with Crippen LogP contribution >= 0.6 is 0 Å². The minimum Gasteiger partial charge on any atom is -0.493 e. The highest BCUT2D eigenvalue weighted by Crippen LogP contribution is 2.31. The van der Waals surface area contributed by atoms with Crippen LogP contribution < -0.4 is 15.4 Å². The smallest absolute Gasteiger partial charge is 0.251 e. The molecule has 1 unspecified atom stereocenters. The summed E-state index contributed by atoms with van der Waals surface area (Å²) >= 11 is 0. The van der Waals surface area contributed by atoms with Gasteiger partial charge in [0.2, 0.25) is 5.91 Å². The average molecular weight is 310 g/mol. The number of carbonyl (C=O) groups excluding carboxylic acids is 2. The topological polar surface area (TPSA) is 67.4 Å². The number of para-hydroxylation sites is 1. The lowest BCUT2D eigenvalue weighted by Gasteiger charge is -2.26. The van der Waals surface area contributed by atoms with Crippen LogP contribution in [-0.2, 0) is 4.79 Å². The molecule has 0 bridgehead atoms. The Kier molecular flexibility index (Phi) is 4.28. The average Bonchev–Trinajstić information content (AvgIpc) is 2.55. The maximum Gasteiger partial charge on any atom is 0.251 e. The van der Waals surface area contributed by atoms with E-state index in [1.54, 1.807) is 24.3 Å². The Morgan fingerprint density at radius 3 is 2.78 bits per heavy atom. The van der Waals surface area contributed by atoms with Crippen LogP contribution in [0.4, 0.5) is 5.69 Å². The van der Waals surface area contributed by atoms with Crippen LogP contribution in [-0.4, -0.2) is 18.4 Å². The zero-order valence-electron chi connectivity index (χ0n) is 12.8. The van der Waals surface area contributed by atoms with Gasteiger partial charge in [0.15, 0.2) is 0 Å². The van der Waals surface area contributed by atoms with Crippen LogP contribution in [0.15, 0.2) is 48.5 Å². The first kappa shape index (κ1) is 15.1. The lowest BCUT2D eigenvalue weighted by molar-refractivity contribution is -0.114. The van der Waals surface area contributed by atoms with Gasteiger partial charge in [0.25, 0.3) is 5.91 Å². The molecule has 5 heteroatoms. The van der Waals surface area contributed by atoms with Crippen molar-refractivity contribution < 1.29 is 14.3 Å². The van der Waals surface area contributed by atoms with E-state index in [0.717, 1.165) is 17.7 Å². The number of rotatable bonds is 3. The Hall–Kier alpha value is -2.82. The van der Waals surface area contributed by atoms with Gasteiger partial charge in [-0.05, 0) is 24.3 Å². The zero-order valence-corrected chi connectivity index (χ0v) is 12.8. The summed E-state index contributed by atoms with van der Waals surface area (Å²) in [5, 5.41) is 5.72. The second-order valence-corrected chi connectivity index (χ2v) is 5.46. The highest BCUT2D eigenvalue weighted by atomic mass is 16.5. The van der Waals surface area contributed by atoms with Gasteiger partial charge < -0.3 is 15.4 Å². The van der Waals surface area contributed by atoms with Crippen molar-refractivity contribution in [3.05, 3.63) is 59.7 Å². The Morgan fingerprint density at radius 1 is 1.13 bits per heavy atom. The molecular formula is C18H18N2O3. The number of carbonyl (C=O) groups is 2. The van der Waals surface area contributed by atoms with Crippen molar-refractivity contribution in [3.8, 4) is 5.75 Å². The van der Waals surface area contributed by atoms with Gasteiger partial charge in [-0.1, -0.05) is 24.3 Å². The monoisotopic (exact) mass is 310 g/mol. The maximum absolute atomic E-state index is 12.5. The maximum atomic E-state index is 12.5. The van der Waals surface area contributed by atoms with Crippen LogP contribution in [0.3, 0.4) is 0 Å². The first-order chi connectivity index (χ1) is 11.1. The number of anilines is 1. The summed E-state index contributed by atoms with van der Waals surface area (Å²) in [6.45, 7) is 2.01. The third-order valence-corrected chi connectivity index (χ3v) is 3.71. The highest BCUT2D eigenvalue weighted by molar-refractivity contribution is 5.97. The number of hydrogen-bond donors (Lipinski definition) is 2. The molecule has 23 heavy (non-hydrogen) atoms. The molecule has 0 aliphatic carbocycles. The van der Waals surface area contributed by atoms with Gasteiger partial charge in [0, 0.05) is 30.2 Å². The SMILES string of the molecule is CC(=O)Nc1cccc(C(=O)NC2CCOc3ccccc32)c1. The molecule has 1 atom stereocenters. The summed E-state index contributed by atoms with van der Waals surface area (Å²) in [5.74, 6) is 0.482. The Labute approximate surface area is 134 Å². The molecule has 0 saturated heterocycles. The number of benzene rings is 2. The number of fused-ring (bicyclic) bond motifs is 1. The minimum atomic E-state index is -0.168. The highest BCUT2D eigenvalue weighted by Gasteiger charge is 2.23. The fourth-order valence-electron chi connectivity index (χ4n) is 2.68. The van der Waals surface area contributed by atoms with E-state index in [1.807, 2.05) is 24.3 Å². The van der Waals surface area contributed by atoms with Crippen molar-refractivity contribution in [1.82, 2.24) is 5.32 Å². The summed E-state index contributed by atoms with van der Waals surface area (Å²) < 4.78 is 5.61. The fraction of sp³-hybridized carbons (Fsp3) is 0.222. The standard InChI is InChI=1S/C18H18N2O3/c1-12(21)19-14-6-4-5-13(11-14)18(22)20-16-9-10-23-17-8-3-2-7-15(16)17/h2-8,11,16H,9-10H2,1H3,(H,19,21)(H,20,22). The summed E-state index contributed by atoms with van der Waals surface area (Å²) in [5.41, 5.74) is 2.11. The summed E-state index contributed by atoms with van der Waals surface area (Å²) in [6, 6.07) is 14.5. The molecule has 0 spiro atoms. The number of ether oxygens (including phenoxy) is 1. The van der Waals surface area contributed by atoms with Crippen molar-refractivity contribution in [3.63, 3.8) is 0 Å². The molecular weight excluding hydrogens is 292 g/mol. The first-order valence-corrected chi connectivity index (χ1v) is 7.54. The van der Waals surface area contributed by atoms with Gasteiger partial charge in [0.05, 0.1) is 12.6 Å². The fourth-order valence-corrected chi connectivity index (χ4v) is 2.68. The molecule has 2 aromatic rings. The molecule has 2 aromatic carbocycles. The van der Waals surface area contributed by atoms with Crippen molar-refractivity contribution in [2.24, 2.45) is 0 Å². The molecule has 2 amide bonds. The van der Waals surface area contributed by atoms with E-state index >= 15 is 0 Å². The predicted molar refractivity (Wildman–Crippen MR) is 87.5 cm³/mol. The molecule has 0 saturated carbocycles. The molecule has 118 valence electrons. The Balaban J connectivity index is 1.76. The van der Waals surface area contributed by atoms with Gasteiger partial charge >= 0.3 is 0 Å². The van der Waals surface area contributed by atoms with E-state index in [4.69, 9.17) is 4.74 Å². The lowest BCUT2D eigenvalue weighted by Crippen LogP contribution is -2.32. The number of nitrogens with one attached hydrogen (secondary N) is 2. The van der Waals surface area contributed by atoms with Gasteiger partial charge in [-0.15, -0.1) is 0 Å². The Morgan fingerprint density at radius 2 is 1.96 bits per heavy atom. The number of hydrogen-bond acceptors (Lipinski definition) is 3. The van der Waals surface area contributed by atoms with Crippen molar-refractivity contribution in [2.75, 3.05) is 11.9 Å². The van der Waals surface area contributed by atoms with Gasteiger partial charge in [-0.3, -0.25) is 9.59 Å². The predicted octanol–water partition coefficient (Wildman–Crippen LogP) is 2.90. The van der Waals surface area contributed by atoms with Crippen LogP contribution in [0.1, 0.15) is 35.3 Å². The van der Waals surface area contributed by atoms with E-state index < -0.39 is 0 Å². The number of amides is 2. The second-order valence-electron chi connectivity index (χ2n) is 5.46. The first-order valence-electron chi connectivity index (χ1n) is 7.54. The van der Waals surface area contributed by atoms with Crippen molar-refractivity contribution >= 4 is 17.5 Å². The molecule has 3 rings (SSSR count). The third kappa shape index (κ3) is 3.51. The largest absolute Gasteiger partial charge is 0.493 e. The molecule has 0 aromatic heterocycles. The van der Waals surface area contributed by atoms with Gasteiger partial charge in [0.1, 0.15) is 5.75 Å². The molecule has 1 aliphatic rings. The molecule has 5 nitrogen and oxygen atoms in total. The van der Waals surface area contributed by atoms with E-state index in [-0.39, 0.29) is 17.9 Å². The zero-order chi connectivity index (χ0) is 16.2. The van der Waals surface area contributed by atoms with Crippen LogP contribution in [0.5, 0.6) is 5.75 Å². The van der Waals surface area contributed by atoms with E-state index in [1.165, 1.54) is 6.92 Å². The summed E-state index contributed by atoms with van der Waals surface area (Å²) in [7, 11) is 0. The van der Waals surface area contributed by atoms with Crippen molar-refractivity contribution in [2.45, 2.75) is 19.4 Å². The van der Waals surface area contributed by atoms with Crippen molar-refractivity contribution in [1.29, 1.82) is 0 Å². The van der Waals surface area contributed by atoms with E-state index in [2.05, 4.69) is 10.6 Å². The van der Waals surface area contributed by atoms with E-state index in [9.17, 15) is 9.59 Å². The molecule has 0 radical (unpaired) electrons. The lowest BCUT2D eigenvalue weighted by atomic mass is 10.00. The molecule has 1 heterocycles. The summed E-state index contributed by atoms with van der Waals surface area (Å²) in [6.07, 6.45) is 0.730. The molecule has 1 aliphatic heterocycles. The van der Waals surface area contributed by atoms with Crippen LogP contribution in [0, 0.1) is 0 Å². The van der Waals surface area contributed by atoms with Crippen LogP contribution in [0.2, 0.25) is 0 Å². The summed E-state index contributed by atoms with van der Waals surface area (Å²) in [4.78, 5) is 23.6. The third-order valence-electron chi connectivity index (χ3n) is 3.71. The van der Waals surface area contributed by atoms with E-state index in [0.29, 0.717) is 17.9 Å². The molecule has 0 fully saturated rings. The Bertz CT molecular complexity index is 743. The van der Waals surface area contributed by atoms with Crippen LogP contribution in [0.25, 0.3) is 0 Å².